The minimum Gasteiger partial charge on any atom is -0.324 e. The van der Waals surface area contributed by atoms with E-state index in [-0.39, 0.29) is 11.6 Å². The summed E-state index contributed by atoms with van der Waals surface area (Å²) < 4.78 is 27.3. The summed E-state index contributed by atoms with van der Waals surface area (Å²) in [7, 11) is 0. The van der Waals surface area contributed by atoms with E-state index in [4.69, 9.17) is 5.73 Å². The SMILES string of the molecule is Cc1cc(F)c(C(N)CCC2CCCCC2)cc1F. The molecular weight excluding hydrogens is 244 g/mol. The van der Waals surface area contributed by atoms with E-state index in [9.17, 15) is 8.78 Å². The van der Waals surface area contributed by atoms with Crippen LogP contribution < -0.4 is 5.73 Å². The van der Waals surface area contributed by atoms with Crippen LogP contribution >= 0.6 is 0 Å². The van der Waals surface area contributed by atoms with Gasteiger partial charge in [-0.2, -0.15) is 0 Å². The third-order valence-electron chi connectivity index (χ3n) is 4.29. The lowest BCUT2D eigenvalue weighted by atomic mass is 9.84. The second kappa shape index (κ2) is 6.47. The van der Waals surface area contributed by atoms with Gasteiger partial charge in [0.05, 0.1) is 0 Å². The Morgan fingerprint density at radius 2 is 1.84 bits per heavy atom. The van der Waals surface area contributed by atoms with Gasteiger partial charge in [0.15, 0.2) is 0 Å². The van der Waals surface area contributed by atoms with Crippen molar-refractivity contribution in [2.24, 2.45) is 11.7 Å². The zero-order valence-corrected chi connectivity index (χ0v) is 11.6. The van der Waals surface area contributed by atoms with Crippen molar-refractivity contribution in [2.45, 2.75) is 57.9 Å². The molecule has 1 aromatic rings. The molecule has 0 spiro atoms. The Morgan fingerprint density at radius 3 is 2.53 bits per heavy atom. The summed E-state index contributed by atoms with van der Waals surface area (Å²) in [5.41, 5.74) is 6.68. The standard InChI is InChI=1S/C16H23F2N/c1-11-9-15(18)13(10-14(11)17)16(19)8-7-12-5-3-2-4-6-12/h9-10,12,16H,2-8,19H2,1H3. The molecule has 1 unspecified atom stereocenters. The second-order valence-electron chi connectivity index (χ2n) is 5.81. The molecule has 1 fully saturated rings. The van der Waals surface area contributed by atoms with Gasteiger partial charge in [-0.3, -0.25) is 0 Å². The van der Waals surface area contributed by atoms with E-state index in [1.807, 2.05) is 0 Å². The average Bonchev–Trinajstić information content (AvgIpc) is 2.41. The molecule has 19 heavy (non-hydrogen) atoms. The van der Waals surface area contributed by atoms with E-state index in [0.717, 1.165) is 18.8 Å². The van der Waals surface area contributed by atoms with Gasteiger partial charge in [0, 0.05) is 11.6 Å². The molecule has 3 heteroatoms. The zero-order chi connectivity index (χ0) is 13.8. The predicted molar refractivity (Wildman–Crippen MR) is 73.8 cm³/mol. The van der Waals surface area contributed by atoms with Gasteiger partial charge in [0.2, 0.25) is 0 Å². The molecular formula is C16H23F2N. The Kier molecular flexibility index (Phi) is 4.92. The number of halogens is 2. The van der Waals surface area contributed by atoms with Gasteiger partial charge >= 0.3 is 0 Å². The van der Waals surface area contributed by atoms with E-state index in [1.54, 1.807) is 6.92 Å². The summed E-state index contributed by atoms with van der Waals surface area (Å²) in [6.07, 6.45) is 8.22. The van der Waals surface area contributed by atoms with Crippen molar-refractivity contribution in [2.75, 3.05) is 0 Å². The Balaban J connectivity index is 1.95. The van der Waals surface area contributed by atoms with Crippen molar-refractivity contribution >= 4 is 0 Å². The van der Waals surface area contributed by atoms with Crippen molar-refractivity contribution in [1.82, 2.24) is 0 Å². The lowest BCUT2D eigenvalue weighted by Gasteiger charge is -2.23. The molecule has 1 atom stereocenters. The fourth-order valence-electron chi connectivity index (χ4n) is 2.99. The largest absolute Gasteiger partial charge is 0.324 e. The Bertz CT molecular complexity index is 425. The number of hydrogen-bond acceptors (Lipinski definition) is 1. The average molecular weight is 267 g/mol. The first-order chi connectivity index (χ1) is 9.08. The van der Waals surface area contributed by atoms with Crippen LogP contribution in [0.25, 0.3) is 0 Å². The third kappa shape index (κ3) is 3.75. The highest BCUT2D eigenvalue weighted by Crippen LogP contribution is 2.30. The topological polar surface area (TPSA) is 26.0 Å². The molecule has 0 aromatic heterocycles. The van der Waals surface area contributed by atoms with Gasteiger partial charge in [-0.15, -0.1) is 0 Å². The van der Waals surface area contributed by atoms with Crippen LogP contribution in [0.1, 0.15) is 62.1 Å². The van der Waals surface area contributed by atoms with Crippen molar-refractivity contribution in [3.05, 3.63) is 34.9 Å². The number of benzene rings is 1. The number of hydrogen-bond donors (Lipinski definition) is 1. The molecule has 1 aliphatic carbocycles. The number of nitrogens with two attached hydrogens (primary N) is 1. The lowest BCUT2D eigenvalue weighted by molar-refractivity contribution is 0.323. The summed E-state index contributed by atoms with van der Waals surface area (Å²) in [6, 6.07) is 2.11. The Labute approximate surface area is 114 Å². The van der Waals surface area contributed by atoms with E-state index in [2.05, 4.69) is 0 Å². The maximum Gasteiger partial charge on any atom is 0.128 e. The van der Waals surface area contributed by atoms with Crippen LogP contribution in [0.4, 0.5) is 8.78 Å². The second-order valence-corrected chi connectivity index (χ2v) is 5.81. The van der Waals surface area contributed by atoms with Crippen LogP contribution in [0, 0.1) is 24.5 Å². The van der Waals surface area contributed by atoms with Crippen molar-refractivity contribution < 1.29 is 8.78 Å². The van der Waals surface area contributed by atoms with Crippen LogP contribution in [0.2, 0.25) is 0 Å². The van der Waals surface area contributed by atoms with Gasteiger partial charge < -0.3 is 5.73 Å². The fraction of sp³-hybridized carbons (Fsp3) is 0.625. The highest BCUT2D eigenvalue weighted by atomic mass is 19.1. The summed E-state index contributed by atoms with van der Waals surface area (Å²) in [5, 5.41) is 0. The van der Waals surface area contributed by atoms with Gasteiger partial charge in [-0.25, -0.2) is 8.78 Å². The third-order valence-corrected chi connectivity index (χ3v) is 4.29. The highest BCUT2D eigenvalue weighted by molar-refractivity contribution is 5.27. The van der Waals surface area contributed by atoms with Gasteiger partial charge in [0.1, 0.15) is 11.6 Å². The Morgan fingerprint density at radius 1 is 1.16 bits per heavy atom. The molecule has 1 nitrogen and oxygen atoms in total. The molecule has 0 heterocycles. The lowest BCUT2D eigenvalue weighted by Crippen LogP contribution is -2.15. The van der Waals surface area contributed by atoms with Crippen molar-refractivity contribution in [3.63, 3.8) is 0 Å². The fourth-order valence-corrected chi connectivity index (χ4v) is 2.99. The van der Waals surface area contributed by atoms with Gasteiger partial charge in [0.25, 0.3) is 0 Å². The molecule has 0 bridgehead atoms. The highest BCUT2D eigenvalue weighted by Gasteiger charge is 2.18. The zero-order valence-electron chi connectivity index (χ0n) is 11.6. The maximum atomic E-state index is 13.8. The first-order valence-electron chi connectivity index (χ1n) is 7.29. The minimum absolute atomic E-state index is 0.318. The summed E-state index contributed by atoms with van der Waals surface area (Å²) >= 11 is 0. The molecule has 2 N–H and O–H groups in total. The van der Waals surface area contributed by atoms with E-state index < -0.39 is 6.04 Å². The predicted octanol–water partition coefficient (Wildman–Crippen LogP) is 4.63. The first kappa shape index (κ1) is 14.4. The molecule has 0 aliphatic heterocycles. The molecule has 0 radical (unpaired) electrons. The molecule has 1 aromatic carbocycles. The quantitative estimate of drug-likeness (QED) is 0.845. The normalized spacial score (nSPS) is 18.5. The molecule has 0 amide bonds. The molecule has 1 saturated carbocycles. The summed E-state index contributed by atoms with van der Waals surface area (Å²) in [5.74, 6) is -0.0299. The van der Waals surface area contributed by atoms with Crippen LogP contribution in [0.5, 0.6) is 0 Å². The number of rotatable bonds is 4. The molecule has 1 aliphatic rings. The van der Waals surface area contributed by atoms with E-state index in [0.29, 0.717) is 11.1 Å². The monoisotopic (exact) mass is 267 g/mol. The summed E-state index contributed by atoms with van der Waals surface area (Å²) in [6.45, 7) is 1.57. The smallest absolute Gasteiger partial charge is 0.128 e. The van der Waals surface area contributed by atoms with Crippen LogP contribution in [-0.2, 0) is 0 Å². The van der Waals surface area contributed by atoms with Crippen molar-refractivity contribution in [1.29, 1.82) is 0 Å². The molecule has 0 saturated heterocycles. The maximum absolute atomic E-state index is 13.8. The Hall–Kier alpha value is -0.960. The van der Waals surface area contributed by atoms with Crippen LogP contribution in [0.15, 0.2) is 12.1 Å². The van der Waals surface area contributed by atoms with Gasteiger partial charge in [-0.1, -0.05) is 32.1 Å². The summed E-state index contributed by atoms with van der Waals surface area (Å²) in [4.78, 5) is 0. The van der Waals surface area contributed by atoms with Crippen molar-refractivity contribution in [3.8, 4) is 0 Å². The first-order valence-corrected chi connectivity index (χ1v) is 7.29. The van der Waals surface area contributed by atoms with E-state index >= 15 is 0 Å². The number of aryl methyl sites for hydroxylation is 1. The minimum atomic E-state index is -0.392. The van der Waals surface area contributed by atoms with Gasteiger partial charge in [-0.05, 0) is 43.4 Å². The molecule has 106 valence electrons. The van der Waals surface area contributed by atoms with Crippen LogP contribution in [-0.4, -0.2) is 0 Å². The van der Waals surface area contributed by atoms with E-state index in [1.165, 1.54) is 44.2 Å². The van der Waals surface area contributed by atoms with Crippen LogP contribution in [0.3, 0.4) is 0 Å². The molecule has 2 rings (SSSR count).